The van der Waals surface area contributed by atoms with E-state index in [0.29, 0.717) is 53.7 Å². The lowest BCUT2D eigenvalue weighted by Gasteiger charge is -2.34. The summed E-state index contributed by atoms with van der Waals surface area (Å²) in [6, 6.07) is 3.47. The van der Waals surface area contributed by atoms with Gasteiger partial charge in [0.2, 0.25) is 0 Å². The van der Waals surface area contributed by atoms with Crippen molar-refractivity contribution < 1.29 is 13.3 Å². The highest BCUT2D eigenvalue weighted by atomic mass is 32.2. The number of likely N-dealkylation sites (tertiary alicyclic amines) is 1. The number of imidazole rings is 1. The highest BCUT2D eigenvalue weighted by Crippen LogP contribution is 2.36. The van der Waals surface area contributed by atoms with Gasteiger partial charge in [0.1, 0.15) is 29.7 Å². The Morgan fingerprint density at radius 2 is 1.94 bits per heavy atom. The second kappa shape index (κ2) is 10.6. The number of rotatable bonds is 5. The van der Waals surface area contributed by atoms with Crippen LogP contribution in [0.2, 0.25) is 0 Å². The molecule has 35 heavy (non-hydrogen) atoms. The van der Waals surface area contributed by atoms with Gasteiger partial charge in [0.05, 0.1) is 33.6 Å². The number of benzene rings is 1. The lowest BCUT2D eigenvalue weighted by molar-refractivity contribution is 0.187. The molecule has 0 spiro atoms. The number of halogens is 1. The second-order valence-corrected chi connectivity index (χ2v) is 11.4. The number of hydrogen-bond donors (Lipinski definition) is 1. The summed E-state index contributed by atoms with van der Waals surface area (Å²) in [4.78, 5) is 16.3. The highest BCUT2D eigenvalue weighted by molar-refractivity contribution is 7.85. The van der Waals surface area contributed by atoms with E-state index in [9.17, 15) is 4.21 Å². The van der Waals surface area contributed by atoms with Crippen molar-refractivity contribution in [3.05, 3.63) is 29.8 Å². The third-order valence-electron chi connectivity index (χ3n) is 6.26. The van der Waals surface area contributed by atoms with Gasteiger partial charge in [0, 0.05) is 29.6 Å². The average Bonchev–Trinajstić information content (AvgIpc) is 3.14. The zero-order valence-corrected chi connectivity index (χ0v) is 21.9. The number of ether oxygens (including phenoxy) is 1. The summed E-state index contributed by atoms with van der Waals surface area (Å²) in [6.45, 7) is 12.6. The largest absolute Gasteiger partial charge is 0.491 e. The molecule has 1 saturated heterocycles. The van der Waals surface area contributed by atoms with E-state index in [1.165, 1.54) is 6.07 Å². The Morgan fingerprint density at radius 3 is 2.57 bits per heavy atom. The van der Waals surface area contributed by atoms with Crippen LogP contribution in [0, 0.1) is 5.82 Å². The highest BCUT2D eigenvalue weighted by Gasteiger charge is 2.30. The van der Waals surface area contributed by atoms with Gasteiger partial charge in [-0.25, -0.2) is 14.4 Å². The van der Waals surface area contributed by atoms with Crippen LogP contribution in [0.25, 0.3) is 11.4 Å². The normalized spacial score (nSPS) is 18.9. The Kier molecular flexibility index (Phi) is 7.70. The quantitative estimate of drug-likeness (QED) is 0.498. The maximum Gasteiger partial charge on any atom is 0.177 e. The molecule has 8 nitrogen and oxygen atoms in total. The van der Waals surface area contributed by atoms with E-state index in [1.54, 1.807) is 13.0 Å². The summed E-state index contributed by atoms with van der Waals surface area (Å²) in [7, 11) is -1.46. The van der Waals surface area contributed by atoms with Crippen molar-refractivity contribution in [1.82, 2.24) is 14.5 Å². The zero-order valence-electron chi connectivity index (χ0n) is 21.1. The van der Waals surface area contributed by atoms with E-state index >= 15 is 4.39 Å². The molecule has 1 aromatic heterocycles. The van der Waals surface area contributed by atoms with Crippen LogP contribution < -0.4 is 10.5 Å². The third kappa shape index (κ3) is 5.64. The molecule has 2 aromatic rings. The summed E-state index contributed by atoms with van der Waals surface area (Å²) in [6.07, 6.45) is 3.42. The Balaban J connectivity index is 1.71. The number of aromatic nitrogens is 2. The van der Waals surface area contributed by atoms with Gasteiger partial charge in [-0.1, -0.05) is 0 Å². The van der Waals surface area contributed by atoms with E-state index in [0.717, 1.165) is 25.9 Å². The van der Waals surface area contributed by atoms with Crippen molar-refractivity contribution in [3.8, 4) is 17.1 Å². The Hall–Kier alpha value is -2.59. The predicted molar refractivity (Wildman–Crippen MR) is 138 cm³/mol. The zero-order chi connectivity index (χ0) is 25.3. The van der Waals surface area contributed by atoms with Crippen LogP contribution in [0.1, 0.15) is 53.2 Å². The molecule has 10 heteroatoms. The second-order valence-electron chi connectivity index (χ2n) is 9.70. The minimum Gasteiger partial charge on any atom is -0.491 e. The molecule has 1 fully saturated rings. The SMILES string of the molecule is CC(N)=NC(=NC(C)C)c1cn2c(n1)-c1cc(S(=O)C3CCN(C(C)C)CC3)c(F)cc1OCC2. The fourth-order valence-corrected chi connectivity index (χ4v) is 5.98. The van der Waals surface area contributed by atoms with Crippen LogP contribution >= 0.6 is 0 Å². The Labute approximate surface area is 208 Å². The summed E-state index contributed by atoms with van der Waals surface area (Å²) in [5.74, 6) is 1.35. The number of nitrogens with two attached hydrogens (primary N) is 1. The number of aliphatic imine (C=N–C) groups is 2. The molecule has 0 bridgehead atoms. The molecule has 1 atom stereocenters. The maximum absolute atomic E-state index is 15.2. The van der Waals surface area contributed by atoms with Crippen molar-refractivity contribution in [2.24, 2.45) is 15.7 Å². The smallest absolute Gasteiger partial charge is 0.177 e. The van der Waals surface area contributed by atoms with Crippen LogP contribution in [0.5, 0.6) is 5.75 Å². The monoisotopic (exact) mass is 502 g/mol. The van der Waals surface area contributed by atoms with Crippen molar-refractivity contribution in [1.29, 1.82) is 0 Å². The third-order valence-corrected chi connectivity index (χ3v) is 8.08. The lowest BCUT2D eigenvalue weighted by Crippen LogP contribution is -2.41. The first-order valence-corrected chi connectivity index (χ1v) is 13.4. The summed E-state index contributed by atoms with van der Waals surface area (Å²) in [5, 5.41) is -0.0776. The van der Waals surface area contributed by atoms with E-state index in [-0.39, 0.29) is 16.2 Å². The number of amidine groups is 2. The van der Waals surface area contributed by atoms with Crippen LogP contribution in [0.15, 0.2) is 33.2 Å². The average molecular weight is 503 g/mol. The van der Waals surface area contributed by atoms with Gasteiger partial charge >= 0.3 is 0 Å². The molecule has 0 aliphatic carbocycles. The van der Waals surface area contributed by atoms with Crippen LogP contribution in [-0.2, 0) is 17.3 Å². The molecule has 0 amide bonds. The number of piperidine rings is 1. The standard InChI is InChI=1S/C25H35FN6O2S/c1-15(2)28-24(29-17(5)27)21-14-32-10-11-34-22-13-20(26)23(12-19(22)25(32)30-21)35(33)18-6-8-31(9-7-18)16(3)4/h12-16,18H,6-11H2,1-5H3,(H2,27,28,29). The Bertz CT molecular complexity index is 1160. The molecular weight excluding hydrogens is 467 g/mol. The van der Waals surface area contributed by atoms with Gasteiger partial charge < -0.3 is 19.9 Å². The summed E-state index contributed by atoms with van der Waals surface area (Å²) in [5.41, 5.74) is 7.04. The molecule has 2 N–H and O–H groups in total. The van der Waals surface area contributed by atoms with Crippen LogP contribution in [0.3, 0.4) is 0 Å². The summed E-state index contributed by atoms with van der Waals surface area (Å²) >= 11 is 0. The summed E-state index contributed by atoms with van der Waals surface area (Å²) < 4.78 is 36.4. The first-order valence-electron chi connectivity index (χ1n) is 12.2. The van der Waals surface area contributed by atoms with E-state index in [2.05, 4.69) is 28.7 Å². The van der Waals surface area contributed by atoms with Crippen LogP contribution in [-0.4, -0.2) is 67.4 Å². The first-order chi connectivity index (χ1) is 16.6. The molecule has 2 aliphatic heterocycles. The maximum atomic E-state index is 15.2. The van der Waals surface area contributed by atoms with Crippen molar-refractivity contribution in [3.63, 3.8) is 0 Å². The molecule has 2 aliphatic rings. The molecule has 3 heterocycles. The Morgan fingerprint density at radius 1 is 1.23 bits per heavy atom. The number of hydrogen-bond acceptors (Lipinski definition) is 5. The lowest BCUT2D eigenvalue weighted by atomic mass is 10.1. The van der Waals surface area contributed by atoms with E-state index in [1.807, 2.05) is 24.6 Å². The molecule has 4 rings (SSSR count). The van der Waals surface area contributed by atoms with E-state index in [4.69, 9.17) is 15.5 Å². The van der Waals surface area contributed by atoms with E-state index < -0.39 is 16.6 Å². The fourth-order valence-electron chi connectivity index (χ4n) is 4.50. The molecule has 1 aromatic carbocycles. The predicted octanol–water partition coefficient (Wildman–Crippen LogP) is 3.59. The molecule has 1 unspecified atom stereocenters. The fraction of sp³-hybridized carbons (Fsp3) is 0.560. The van der Waals surface area contributed by atoms with Crippen molar-refractivity contribution in [2.75, 3.05) is 19.7 Å². The molecule has 190 valence electrons. The van der Waals surface area contributed by atoms with Gasteiger partial charge in [-0.2, -0.15) is 0 Å². The number of fused-ring (bicyclic) bond motifs is 3. The van der Waals surface area contributed by atoms with Crippen molar-refractivity contribution >= 4 is 22.5 Å². The molecular formula is C25H35FN6O2S. The molecule has 0 saturated carbocycles. The topological polar surface area (TPSA) is 98.1 Å². The number of nitrogens with zero attached hydrogens (tertiary/aromatic N) is 5. The van der Waals surface area contributed by atoms with Gasteiger partial charge in [-0.05, 0) is 66.6 Å². The van der Waals surface area contributed by atoms with Crippen molar-refractivity contribution in [2.45, 2.75) is 76.2 Å². The van der Waals surface area contributed by atoms with Gasteiger partial charge in [-0.15, -0.1) is 0 Å². The molecule has 0 radical (unpaired) electrons. The van der Waals surface area contributed by atoms with Crippen LogP contribution in [0.4, 0.5) is 4.39 Å². The van der Waals surface area contributed by atoms with Gasteiger partial charge in [0.25, 0.3) is 0 Å². The van der Waals surface area contributed by atoms with Gasteiger partial charge in [-0.3, -0.25) is 9.20 Å². The van der Waals surface area contributed by atoms with Gasteiger partial charge in [0.15, 0.2) is 5.84 Å². The minimum absolute atomic E-state index is 0.00968. The minimum atomic E-state index is -1.46. The first kappa shape index (κ1) is 25.5.